The molecule has 0 fully saturated rings. The molecule has 0 aromatic heterocycles. The third-order valence-electron chi connectivity index (χ3n) is 2.44. The van der Waals surface area contributed by atoms with Crippen molar-refractivity contribution in [3.63, 3.8) is 0 Å². The summed E-state index contributed by atoms with van der Waals surface area (Å²) < 4.78 is 75.4. The molecule has 1 aromatic carbocycles. The van der Waals surface area contributed by atoms with Gasteiger partial charge in [0, 0.05) is 0 Å². The second-order valence-electron chi connectivity index (χ2n) is 3.99. The Kier molecular flexibility index (Phi) is 4.11. The summed E-state index contributed by atoms with van der Waals surface area (Å²) in [7, 11) is -4.86. The zero-order chi connectivity index (χ0) is 15.8. The fourth-order valence-electron chi connectivity index (χ4n) is 1.18. The van der Waals surface area contributed by atoms with Crippen LogP contribution in [0.3, 0.4) is 0 Å². The highest BCUT2D eigenvalue weighted by atomic mass is 32.2. The second-order valence-corrected chi connectivity index (χ2v) is 5.67. The number of alkyl halides is 3. The van der Waals surface area contributed by atoms with Crippen LogP contribution >= 0.6 is 0 Å². The minimum atomic E-state index is -5.38. The number of carboxylic acids is 1. The van der Waals surface area contributed by atoms with Crippen molar-refractivity contribution in [1.29, 1.82) is 0 Å². The summed E-state index contributed by atoms with van der Waals surface area (Å²) in [6.07, 6.45) is -5.38. The van der Waals surface area contributed by atoms with Gasteiger partial charge in [0.15, 0.2) is 0 Å². The fourth-order valence-corrected chi connectivity index (χ4v) is 2.57. The molecule has 0 heterocycles. The first-order valence-corrected chi connectivity index (χ1v) is 6.48. The maximum absolute atomic E-state index is 12.9. The molecule has 10 heteroatoms. The van der Waals surface area contributed by atoms with E-state index in [9.17, 15) is 30.8 Å². The van der Waals surface area contributed by atoms with Crippen molar-refractivity contribution in [2.45, 2.75) is 23.5 Å². The molecule has 0 aliphatic carbocycles. The van der Waals surface area contributed by atoms with Crippen LogP contribution in [0.2, 0.25) is 0 Å². The van der Waals surface area contributed by atoms with Gasteiger partial charge in [0.1, 0.15) is 5.82 Å². The number of halogens is 4. The lowest BCUT2D eigenvalue weighted by atomic mass is 10.0. The van der Waals surface area contributed by atoms with Crippen molar-refractivity contribution in [3.8, 4) is 0 Å². The number of nitrogens with one attached hydrogen (secondary N) is 1. The Bertz CT molecular complexity index is 628. The van der Waals surface area contributed by atoms with Crippen molar-refractivity contribution < 1.29 is 35.9 Å². The van der Waals surface area contributed by atoms with Crippen LogP contribution < -0.4 is 4.72 Å². The summed E-state index contributed by atoms with van der Waals surface area (Å²) in [5, 5.41) is 8.61. The number of carbonyl (C=O) groups is 1. The Labute approximate surface area is 111 Å². The van der Waals surface area contributed by atoms with Gasteiger partial charge in [-0.1, -0.05) is 6.07 Å². The predicted molar refractivity (Wildman–Crippen MR) is 58.8 cm³/mol. The SMILES string of the molecule is CC(NS(=O)(=O)c1cccc(F)c1)(C(=O)O)C(F)(F)F. The van der Waals surface area contributed by atoms with Crippen LogP contribution in [0.5, 0.6) is 0 Å². The van der Waals surface area contributed by atoms with E-state index >= 15 is 0 Å². The number of hydrogen-bond acceptors (Lipinski definition) is 3. The lowest BCUT2D eigenvalue weighted by Gasteiger charge is -2.28. The Morgan fingerprint density at radius 1 is 1.30 bits per heavy atom. The molecule has 0 aliphatic rings. The van der Waals surface area contributed by atoms with Crippen LogP contribution in [0.25, 0.3) is 0 Å². The van der Waals surface area contributed by atoms with E-state index in [1.54, 1.807) is 0 Å². The van der Waals surface area contributed by atoms with Crippen LogP contribution in [0, 0.1) is 5.82 Å². The van der Waals surface area contributed by atoms with Crippen molar-refractivity contribution in [1.82, 2.24) is 4.72 Å². The number of sulfonamides is 1. The minimum Gasteiger partial charge on any atom is -0.480 e. The molecule has 0 aliphatic heterocycles. The monoisotopic (exact) mass is 315 g/mol. The van der Waals surface area contributed by atoms with E-state index in [4.69, 9.17) is 5.11 Å². The summed E-state index contributed by atoms with van der Waals surface area (Å²) in [6.45, 7) is 0.159. The van der Waals surface area contributed by atoms with Crippen LogP contribution in [0.4, 0.5) is 17.6 Å². The lowest BCUT2D eigenvalue weighted by Crippen LogP contribution is -2.61. The highest BCUT2D eigenvalue weighted by Crippen LogP contribution is 2.32. The van der Waals surface area contributed by atoms with Gasteiger partial charge in [-0.25, -0.2) is 17.6 Å². The van der Waals surface area contributed by atoms with Crippen LogP contribution in [0.15, 0.2) is 29.2 Å². The largest absolute Gasteiger partial charge is 0.480 e. The van der Waals surface area contributed by atoms with E-state index in [1.807, 2.05) is 0 Å². The zero-order valence-corrected chi connectivity index (χ0v) is 10.7. The van der Waals surface area contributed by atoms with Crippen molar-refractivity contribution in [2.24, 2.45) is 0 Å². The number of benzene rings is 1. The van der Waals surface area contributed by atoms with E-state index in [1.165, 1.54) is 0 Å². The number of aliphatic carboxylic acids is 1. The molecular formula is C10H9F4NO4S. The molecule has 0 amide bonds. The van der Waals surface area contributed by atoms with Gasteiger partial charge in [0.2, 0.25) is 15.6 Å². The summed E-state index contributed by atoms with van der Waals surface area (Å²) in [4.78, 5) is 9.91. The standard InChI is InChI=1S/C10H9F4NO4S/c1-9(8(16)17,10(12,13)14)15-20(18,19)7-4-2-3-6(11)5-7/h2-5,15H,1H3,(H,16,17). The molecule has 0 saturated carbocycles. The number of carboxylic acid groups (broad SMARTS) is 1. The van der Waals surface area contributed by atoms with Gasteiger partial charge in [-0.2, -0.15) is 17.9 Å². The lowest BCUT2D eigenvalue weighted by molar-refractivity contribution is -0.201. The average molecular weight is 315 g/mol. The Hall–Kier alpha value is -1.68. The second kappa shape index (κ2) is 5.02. The molecule has 0 radical (unpaired) electrons. The van der Waals surface area contributed by atoms with Gasteiger partial charge in [-0.05, 0) is 25.1 Å². The van der Waals surface area contributed by atoms with Gasteiger partial charge in [-0.15, -0.1) is 0 Å². The molecule has 0 bridgehead atoms. The van der Waals surface area contributed by atoms with Crippen LogP contribution in [-0.4, -0.2) is 31.2 Å². The van der Waals surface area contributed by atoms with Gasteiger partial charge >= 0.3 is 12.1 Å². The quantitative estimate of drug-likeness (QED) is 0.825. The average Bonchev–Trinajstić information content (AvgIpc) is 2.26. The smallest absolute Gasteiger partial charge is 0.418 e. The predicted octanol–water partition coefficient (Wildman–Crippen LogP) is 1.51. The molecule has 112 valence electrons. The molecule has 0 saturated heterocycles. The maximum atomic E-state index is 12.9. The highest BCUT2D eigenvalue weighted by molar-refractivity contribution is 7.89. The minimum absolute atomic E-state index is 0.159. The molecule has 1 rings (SSSR count). The molecule has 1 unspecified atom stereocenters. The molecule has 2 N–H and O–H groups in total. The van der Waals surface area contributed by atoms with E-state index in [0.29, 0.717) is 6.07 Å². The van der Waals surface area contributed by atoms with Gasteiger partial charge in [0.05, 0.1) is 4.90 Å². The normalized spacial score (nSPS) is 15.7. The maximum Gasteiger partial charge on any atom is 0.418 e. The Balaban J connectivity index is 3.28. The third-order valence-corrected chi connectivity index (χ3v) is 3.99. The van der Waals surface area contributed by atoms with Gasteiger partial charge < -0.3 is 5.11 Å². The zero-order valence-electron chi connectivity index (χ0n) is 9.90. The molecular weight excluding hydrogens is 306 g/mol. The van der Waals surface area contributed by atoms with Gasteiger partial charge in [0.25, 0.3) is 0 Å². The molecule has 1 atom stereocenters. The van der Waals surface area contributed by atoms with E-state index < -0.39 is 38.4 Å². The number of hydrogen-bond donors (Lipinski definition) is 2. The van der Waals surface area contributed by atoms with Gasteiger partial charge in [-0.3, -0.25) is 0 Å². The highest BCUT2D eigenvalue weighted by Gasteiger charge is 2.59. The van der Waals surface area contributed by atoms with Crippen LogP contribution in [-0.2, 0) is 14.8 Å². The van der Waals surface area contributed by atoms with Crippen LogP contribution in [0.1, 0.15) is 6.92 Å². The van der Waals surface area contributed by atoms with E-state index in [-0.39, 0.29) is 6.92 Å². The van der Waals surface area contributed by atoms with Crippen molar-refractivity contribution in [3.05, 3.63) is 30.1 Å². The fraction of sp³-hybridized carbons (Fsp3) is 0.300. The Morgan fingerprint density at radius 2 is 1.85 bits per heavy atom. The first-order valence-electron chi connectivity index (χ1n) is 5.00. The summed E-state index contributed by atoms with van der Waals surface area (Å²) in [5.41, 5.74) is -3.72. The summed E-state index contributed by atoms with van der Waals surface area (Å²) in [5.74, 6) is -3.41. The first kappa shape index (κ1) is 16.4. The molecule has 20 heavy (non-hydrogen) atoms. The van der Waals surface area contributed by atoms with E-state index in [0.717, 1.165) is 22.9 Å². The van der Waals surface area contributed by atoms with Crippen molar-refractivity contribution in [2.75, 3.05) is 0 Å². The molecule has 5 nitrogen and oxygen atoms in total. The topological polar surface area (TPSA) is 83.5 Å². The summed E-state index contributed by atoms with van der Waals surface area (Å²) in [6, 6.07) is 3.17. The number of rotatable bonds is 4. The van der Waals surface area contributed by atoms with E-state index in [2.05, 4.69) is 0 Å². The molecule has 1 aromatic rings. The first-order chi connectivity index (χ1) is 8.90. The van der Waals surface area contributed by atoms with Crippen molar-refractivity contribution >= 4 is 16.0 Å². The molecule has 0 spiro atoms. The third kappa shape index (κ3) is 3.07. The summed E-state index contributed by atoms with van der Waals surface area (Å²) >= 11 is 0. The Morgan fingerprint density at radius 3 is 2.25 bits per heavy atom.